The number of aliphatic hydroxyl groups excluding tert-OH is 1. The molecule has 0 aromatic carbocycles. The summed E-state index contributed by atoms with van der Waals surface area (Å²) >= 11 is 0. The van der Waals surface area contributed by atoms with Crippen LogP contribution in [0.25, 0.3) is 0 Å². The van der Waals surface area contributed by atoms with Gasteiger partial charge in [-0.15, -0.1) is 0 Å². The zero-order valence-corrected chi connectivity index (χ0v) is 11.2. The van der Waals surface area contributed by atoms with Crippen LogP contribution in [-0.2, 0) is 0 Å². The largest absolute Gasteiger partial charge is 0.392 e. The number of rotatable bonds is 6. The second kappa shape index (κ2) is 12.7. The fourth-order valence-electron chi connectivity index (χ4n) is 1.28. The van der Waals surface area contributed by atoms with Crippen LogP contribution in [0.2, 0.25) is 0 Å². The Morgan fingerprint density at radius 3 is 1.94 bits per heavy atom. The highest BCUT2D eigenvalue weighted by atomic mass is 16.3. The van der Waals surface area contributed by atoms with E-state index in [1.54, 1.807) is 12.2 Å². The van der Waals surface area contributed by atoms with Gasteiger partial charge in [0, 0.05) is 6.54 Å². The summed E-state index contributed by atoms with van der Waals surface area (Å²) < 4.78 is 0. The highest BCUT2D eigenvalue weighted by Gasteiger charge is 2.06. The van der Waals surface area contributed by atoms with Crippen molar-refractivity contribution in [3.8, 4) is 0 Å². The molecule has 0 heterocycles. The average Bonchev–Trinajstić information content (AvgIpc) is 2.39. The fraction of sp³-hybridized carbons (Fsp3) is 0.333. The van der Waals surface area contributed by atoms with Crippen molar-refractivity contribution in [1.82, 2.24) is 0 Å². The molecule has 0 aliphatic rings. The molecule has 2 nitrogen and oxygen atoms in total. The normalized spacial score (nSPS) is 12.6. The van der Waals surface area contributed by atoms with Gasteiger partial charge in [-0.2, -0.15) is 0 Å². The highest BCUT2D eigenvalue weighted by molar-refractivity contribution is 5.49. The van der Waals surface area contributed by atoms with Gasteiger partial charge in [0.05, 0.1) is 6.61 Å². The molecule has 0 saturated heterocycles. The van der Waals surface area contributed by atoms with E-state index < -0.39 is 0 Å². The van der Waals surface area contributed by atoms with Crippen LogP contribution in [-0.4, -0.2) is 18.3 Å². The van der Waals surface area contributed by atoms with E-state index in [-0.39, 0.29) is 6.61 Å². The number of allylic oxidation sites excluding steroid dienone is 5. The fourth-order valence-corrected chi connectivity index (χ4v) is 1.28. The zero-order chi connectivity index (χ0) is 13.7. The minimum absolute atomic E-state index is 0.00927. The summed E-state index contributed by atoms with van der Waals surface area (Å²) in [5.74, 6) is 0. The molecule has 0 fully saturated rings. The monoisotopic (exact) mass is 235 g/mol. The van der Waals surface area contributed by atoms with Crippen molar-refractivity contribution in [3.63, 3.8) is 0 Å². The van der Waals surface area contributed by atoms with Crippen LogP contribution in [0.15, 0.2) is 60.3 Å². The first kappa shape index (κ1) is 18.0. The molecule has 3 N–H and O–H groups in total. The molecule has 2 heteroatoms. The third-order valence-electron chi connectivity index (χ3n) is 2.03. The molecular formula is C15H25NO. The van der Waals surface area contributed by atoms with Crippen molar-refractivity contribution >= 4 is 0 Å². The standard InChI is InChI=1S/C13H19NO.C2H6/c1-4-7-12(9-14)13(8-5-2)11(6-3)10-15;1-2/h4-8,15H,1-2,9-10,14H2,3H3;1-2H3/b11-6-,12-7+,13-8+;. The molecule has 0 aromatic heterocycles. The molecule has 0 saturated carbocycles. The third-order valence-corrected chi connectivity index (χ3v) is 2.03. The Morgan fingerprint density at radius 2 is 1.65 bits per heavy atom. The summed E-state index contributed by atoms with van der Waals surface area (Å²) in [6, 6.07) is 0. The molecule has 0 rings (SSSR count). The first-order valence-electron chi connectivity index (χ1n) is 5.86. The van der Waals surface area contributed by atoms with Gasteiger partial charge in [0.25, 0.3) is 0 Å². The zero-order valence-electron chi connectivity index (χ0n) is 11.2. The molecule has 0 spiro atoms. The summed E-state index contributed by atoms with van der Waals surface area (Å²) in [5, 5.41) is 9.20. The van der Waals surface area contributed by atoms with Crippen LogP contribution in [0, 0.1) is 0 Å². The molecule has 0 amide bonds. The van der Waals surface area contributed by atoms with E-state index in [2.05, 4.69) is 13.2 Å². The van der Waals surface area contributed by atoms with E-state index in [9.17, 15) is 5.11 Å². The minimum atomic E-state index is -0.00927. The van der Waals surface area contributed by atoms with Gasteiger partial charge < -0.3 is 10.8 Å². The topological polar surface area (TPSA) is 46.2 Å². The third kappa shape index (κ3) is 6.72. The Kier molecular flexibility index (Phi) is 13.4. The van der Waals surface area contributed by atoms with Crippen molar-refractivity contribution in [1.29, 1.82) is 0 Å². The number of hydrogen-bond donors (Lipinski definition) is 2. The van der Waals surface area contributed by atoms with Crippen molar-refractivity contribution < 1.29 is 5.11 Å². The van der Waals surface area contributed by atoms with Crippen LogP contribution < -0.4 is 5.73 Å². The second-order valence-corrected chi connectivity index (χ2v) is 2.92. The van der Waals surface area contributed by atoms with Gasteiger partial charge in [0.2, 0.25) is 0 Å². The summed E-state index contributed by atoms with van der Waals surface area (Å²) in [5.41, 5.74) is 8.33. The van der Waals surface area contributed by atoms with E-state index in [0.29, 0.717) is 6.54 Å². The average molecular weight is 235 g/mol. The summed E-state index contributed by atoms with van der Waals surface area (Å²) in [6.45, 7) is 13.6. The number of nitrogens with two attached hydrogens (primary N) is 1. The first-order chi connectivity index (χ1) is 8.24. The van der Waals surface area contributed by atoms with Crippen molar-refractivity contribution in [2.45, 2.75) is 20.8 Å². The van der Waals surface area contributed by atoms with Crippen molar-refractivity contribution in [2.24, 2.45) is 5.73 Å². The van der Waals surface area contributed by atoms with Crippen LogP contribution in [0.5, 0.6) is 0 Å². The number of hydrogen-bond acceptors (Lipinski definition) is 2. The summed E-state index contributed by atoms with van der Waals surface area (Å²) in [7, 11) is 0. The lowest BCUT2D eigenvalue weighted by Crippen LogP contribution is -2.08. The van der Waals surface area contributed by atoms with Crippen molar-refractivity contribution in [3.05, 3.63) is 60.3 Å². The Labute approximate surface area is 106 Å². The molecule has 0 atom stereocenters. The Morgan fingerprint density at radius 1 is 1.12 bits per heavy atom. The Balaban J connectivity index is 0. The molecule has 0 radical (unpaired) electrons. The maximum absolute atomic E-state index is 9.20. The van der Waals surface area contributed by atoms with E-state index in [4.69, 9.17) is 5.73 Å². The molecular weight excluding hydrogens is 210 g/mol. The number of aliphatic hydroxyl groups is 1. The van der Waals surface area contributed by atoms with Gasteiger partial charge in [-0.25, -0.2) is 0 Å². The molecule has 17 heavy (non-hydrogen) atoms. The lowest BCUT2D eigenvalue weighted by molar-refractivity contribution is 0.333. The predicted octanol–water partition coefficient (Wildman–Crippen LogP) is 3.13. The predicted molar refractivity (Wildman–Crippen MR) is 77.8 cm³/mol. The summed E-state index contributed by atoms with van der Waals surface area (Å²) in [6.07, 6.45) is 8.91. The van der Waals surface area contributed by atoms with Gasteiger partial charge in [-0.3, -0.25) is 0 Å². The molecule has 0 unspecified atom stereocenters. The quantitative estimate of drug-likeness (QED) is 0.695. The molecule has 0 aliphatic carbocycles. The van der Waals surface area contributed by atoms with Gasteiger partial charge in [-0.05, 0) is 23.6 Å². The second-order valence-electron chi connectivity index (χ2n) is 2.92. The lowest BCUT2D eigenvalue weighted by atomic mass is 9.97. The maximum Gasteiger partial charge on any atom is 0.0684 e. The molecule has 0 aliphatic heterocycles. The van der Waals surface area contributed by atoms with Gasteiger partial charge in [-0.1, -0.05) is 57.4 Å². The first-order valence-corrected chi connectivity index (χ1v) is 5.86. The van der Waals surface area contributed by atoms with Gasteiger partial charge >= 0.3 is 0 Å². The molecule has 0 aromatic rings. The molecule has 0 bridgehead atoms. The maximum atomic E-state index is 9.20. The van der Waals surface area contributed by atoms with E-state index in [0.717, 1.165) is 16.7 Å². The van der Waals surface area contributed by atoms with E-state index in [1.807, 2.05) is 39.0 Å². The molecule has 96 valence electrons. The van der Waals surface area contributed by atoms with Crippen LogP contribution >= 0.6 is 0 Å². The minimum Gasteiger partial charge on any atom is -0.392 e. The van der Waals surface area contributed by atoms with Crippen molar-refractivity contribution in [2.75, 3.05) is 13.2 Å². The SMILES string of the molecule is C=C/C=C(CN)/C(=C/C=C)C(=C\C)/CO.CC. The lowest BCUT2D eigenvalue weighted by Gasteiger charge is -2.11. The van der Waals surface area contributed by atoms with E-state index in [1.165, 1.54) is 0 Å². The van der Waals surface area contributed by atoms with Gasteiger partial charge in [0.15, 0.2) is 0 Å². The smallest absolute Gasteiger partial charge is 0.0684 e. The van der Waals surface area contributed by atoms with Gasteiger partial charge in [0.1, 0.15) is 0 Å². The summed E-state index contributed by atoms with van der Waals surface area (Å²) in [4.78, 5) is 0. The highest BCUT2D eigenvalue weighted by Crippen LogP contribution is 2.18. The van der Waals surface area contributed by atoms with Crippen LogP contribution in [0.4, 0.5) is 0 Å². The van der Waals surface area contributed by atoms with Crippen LogP contribution in [0.3, 0.4) is 0 Å². The Hall–Kier alpha value is -1.38. The van der Waals surface area contributed by atoms with Crippen LogP contribution in [0.1, 0.15) is 20.8 Å². The van der Waals surface area contributed by atoms with E-state index >= 15 is 0 Å². The Bertz CT molecular complexity index is 309.